The molecular weight excluding hydrogens is 275 g/mol. The van der Waals surface area contributed by atoms with E-state index < -0.39 is 0 Å². The second-order valence-electron chi connectivity index (χ2n) is 0.925. The molecule has 0 aromatic heterocycles. The summed E-state index contributed by atoms with van der Waals surface area (Å²) in [6, 6.07) is 0. The van der Waals surface area contributed by atoms with Gasteiger partial charge in [-0.25, -0.2) is 0 Å². The average molecular weight is 279 g/mol. The van der Waals surface area contributed by atoms with Crippen molar-refractivity contribution in [3.63, 3.8) is 0 Å². The zero-order valence-corrected chi connectivity index (χ0v) is 7.14. The highest BCUT2D eigenvalue weighted by Crippen LogP contribution is 2.08. The van der Waals surface area contributed by atoms with Crippen LogP contribution in [0, 0.1) is 0 Å². The summed E-state index contributed by atoms with van der Waals surface area (Å²) in [6.45, 7) is -0.376. The molecule has 0 amide bonds. The van der Waals surface area contributed by atoms with Gasteiger partial charge in [0.1, 0.15) is 9.44 Å². The molecule has 2 nitrogen and oxygen atoms in total. The van der Waals surface area contributed by atoms with E-state index in [0.717, 1.165) is 0 Å². The monoisotopic (exact) mass is 278 g/mol. The van der Waals surface area contributed by atoms with Crippen LogP contribution in [0.1, 0.15) is 0 Å². The van der Waals surface area contributed by atoms with Crippen molar-refractivity contribution in [2.75, 3.05) is 6.61 Å². The Labute approximate surface area is 63.6 Å². The lowest BCUT2D eigenvalue weighted by molar-refractivity contribution is -0.119. The van der Waals surface area contributed by atoms with E-state index in [0.29, 0.717) is 0 Å². The molecule has 0 rings (SSSR count). The zero-order valence-electron chi connectivity index (χ0n) is 3.40. The van der Waals surface area contributed by atoms with Gasteiger partial charge in [-0.1, -0.05) is 38.5 Å². The molecule has 0 saturated heterocycles. The predicted molar refractivity (Wildman–Crippen MR) is 38.8 cm³/mol. The maximum atomic E-state index is 10.2. The van der Waals surface area contributed by atoms with Gasteiger partial charge < -0.3 is 5.11 Å². The number of aliphatic hydroxyl groups is 1. The SMILES string of the molecule is O=C(CO)C(Br)I. The highest BCUT2D eigenvalue weighted by Gasteiger charge is 2.06. The fourth-order valence-electron chi connectivity index (χ4n) is 0.0690. The molecule has 0 aromatic carbocycles. The van der Waals surface area contributed by atoms with Crippen molar-refractivity contribution in [2.24, 2.45) is 0 Å². The van der Waals surface area contributed by atoms with Crippen molar-refractivity contribution in [1.82, 2.24) is 0 Å². The predicted octanol–water partition coefficient (Wildman–Crippen LogP) is 0.704. The first kappa shape index (κ1) is 7.84. The minimum Gasteiger partial charge on any atom is -0.389 e. The molecule has 0 saturated carbocycles. The van der Waals surface area contributed by atoms with Gasteiger partial charge in [0, 0.05) is 0 Å². The molecule has 1 N–H and O–H groups in total. The molecule has 0 bridgehead atoms. The smallest absolute Gasteiger partial charge is 0.181 e. The number of Topliss-reactive ketones (excluding diaryl/α,β-unsaturated/α-hetero) is 1. The number of rotatable bonds is 2. The number of hydrogen-bond acceptors (Lipinski definition) is 2. The Bertz CT molecular complexity index is 73.3. The number of carbonyl (C=O) groups excluding carboxylic acids is 1. The Balaban J connectivity index is 3.35. The average Bonchev–Trinajstić information content (AvgIpc) is 1.65. The molecule has 0 aliphatic heterocycles. The second kappa shape index (κ2) is 3.80. The van der Waals surface area contributed by atoms with Gasteiger partial charge in [0.05, 0.1) is 0 Å². The molecule has 0 aliphatic carbocycles. The number of ketones is 1. The van der Waals surface area contributed by atoms with Crippen LogP contribution in [-0.2, 0) is 4.79 Å². The fraction of sp³-hybridized carbons (Fsp3) is 0.667. The third kappa shape index (κ3) is 3.42. The third-order valence-corrected chi connectivity index (χ3v) is 1.60. The molecule has 1 atom stereocenters. The normalized spacial score (nSPS) is 13.6. The van der Waals surface area contributed by atoms with E-state index in [4.69, 9.17) is 5.11 Å². The molecule has 1 unspecified atom stereocenters. The molecule has 0 heterocycles. The molecule has 0 radical (unpaired) electrons. The summed E-state index contributed by atoms with van der Waals surface area (Å²) in [5.41, 5.74) is 0. The van der Waals surface area contributed by atoms with E-state index in [2.05, 4.69) is 15.9 Å². The van der Waals surface area contributed by atoms with E-state index in [1.54, 1.807) is 0 Å². The third-order valence-electron chi connectivity index (χ3n) is 0.399. The Morgan fingerprint density at radius 3 is 2.43 bits per heavy atom. The van der Waals surface area contributed by atoms with Crippen LogP contribution in [0.4, 0.5) is 0 Å². The largest absolute Gasteiger partial charge is 0.389 e. The molecule has 7 heavy (non-hydrogen) atoms. The highest BCUT2D eigenvalue weighted by atomic mass is 127. The second-order valence-corrected chi connectivity index (χ2v) is 4.80. The topological polar surface area (TPSA) is 37.3 Å². The van der Waals surface area contributed by atoms with Gasteiger partial charge in [-0.3, -0.25) is 4.79 Å². The minimum absolute atomic E-state index is 0.194. The summed E-state index contributed by atoms with van der Waals surface area (Å²) in [6.07, 6.45) is 0. The number of alkyl halides is 2. The maximum Gasteiger partial charge on any atom is 0.181 e. The van der Waals surface area contributed by atoms with E-state index in [-0.39, 0.29) is 15.2 Å². The Morgan fingerprint density at radius 2 is 2.43 bits per heavy atom. The molecule has 0 aliphatic rings. The van der Waals surface area contributed by atoms with Crippen LogP contribution in [0.2, 0.25) is 0 Å². The van der Waals surface area contributed by atoms with Gasteiger partial charge in [0.2, 0.25) is 0 Å². The Hall–Kier alpha value is 0.840. The molecule has 0 aromatic rings. The van der Waals surface area contributed by atoms with Gasteiger partial charge in [-0.05, 0) is 0 Å². The number of halogens is 2. The number of hydrogen-bond donors (Lipinski definition) is 1. The quantitative estimate of drug-likeness (QED) is 0.597. The fourth-order valence-corrected chi connectivity index (χ4v) is 0.411. The summed E-state index contributed by atoms with van der Waals surface area (Å²) in [5, 5.41) is 8.12. The van der Waals surface area contributed by atoms with Gasteiger partial charge >= 0.3 is 0 Å². The first-order valence-corrected chi connectivity index (χ1v) is 3.76. The minimum atomic E-state index is -0.376. The standard InChI is InChI=1S/C3H4BrIO2/c4-3(5)2(7)1-6/h3,6H,1H2. The van der Waals surface area contributed by atoms with E-state index >= 15 is 0 Å². The van der Waals surface area contributed by atoms with Crippen LogP contribution in [0.15, 0.2) is 0 Å². The Morgan fingerprint density at radius 1 is 2.00 bits per heavy atom. The van der Waals surface area contributed by atoms with Crippen LogP contribution in [0.5, 0.6) is 0 Å². The van der Waals surface area contributed by atoms with Crippen LogP contribution >= 0.6 is 38.5 Å². The lowest BCUT2D eigenvalue weighted by Gasteiger charge is -1.91. The number of carbonyl (C=O) groups is 1. The molecular formula is C3H4BrIO2. The van der Waals surface area contributed by atoms with E-state index in [9.17, 15) is 4.79 Å². The van der Waals surface area contributed by atoms with Crippen LogP contribution in [0.3, 0.4) is 0 Å². The van der Waals surface area contributed by atoms with Crippen molar-refractivity contribution in [3.8, 4) is 0 Å². The highest BCUT2D eigenvalue weighted by molar-refractivity contribution is 14.1. The molecule has 4 heteroatoms. The molecule has 0 spiro atoms. The van der Waals surface area contributed by atoms with Crippen molar-refractivity contribution in [2.45, 2.75) is 2.83 Å². The van der Waals surface area contributed by atoms with E-state index in [1.807, 2.05) is 22.6 Å². The Kier molecular flexibility index (Phi) is 4.25. The van der Waals surface area contributed by atoms with Crippen LogP contribution < -0.4 is 0 Å². The summed E-state index contributed by atoms with van der Waals surface area (Å²) in [7, 11) is 0. The van der Waals surface area contributed by atoms with Crippen LogP contribution in [0.25, 0.3) is 0 Å². The summed E-state index contributed by atoms with van der Waals surface area (Å²) in [4.78, 5) is 10.2. The summed E-state index contributed by atoms with van der Waals surface area (Å²) < 4.78 is -0.241. The van der Waals surface area contributed by atoms with Gasteiger partial charge in [-0.2, -0.15) is 0 Å². The summed E-state index contributed by atoms with van der Waals surface area (Å²) >= 11 is 4.85. The lowest BCUT2D eigenvalue weighted by atomic mass is 10.5. The van der Waals surface area contributed by atoms with Gasteiger partial charge in [-0.15, -0.1) is 0 Å². The van der Waals surface area contributed by atoms with Gasteiger partial charge in [0.15, 0.2) is 5.78 Å². The van der Waals surface area contributed by atoms with Crippen molar-refractivity contribution in [1.29, 1.82) is 0 Å². The zero-order chi connectivity index (χ0) is 5.86. The van der Waals surface area contributed by atoms with Crippen molar-refractivity contribution in [3.05, 3.63) is 0 Å². The summed E-state index contributed by atoms with van der Waals surface area (Å²) in [5.74, 6) is -0.194. The lowest BCUT2D eigenvalue weighted by Crippen LogP contribution is -2.10. The first-order valence-electron chi connectivity index (χ1n) is 1.60. The van der Waals surface area contributed by atoms with Gasteiger partial charge in [0.25, 0.3) is 0 Å². The van der Waals surface area contributed by atoms with E-state index in [1.165, 1.54) is 0 Å². The number of aliphatic hydroxyl groups excluding tert-OH is 1. The van der Waals surface area contributed by atoms with Crippen molar-refractivity contribution >= 4 is 44.3 Å². The first-order chi connectivity index (χ1) is 3.18. The van der Waals surface area contributed by atoms with Crippen LogP contribution in [-0.4, -0.2) is 20.3 Å². The molecule has 0 fully saturated rings. The maximum absolute atomic E-state index is 10.2. The van der Waals surface area contributed by atoms with Crippen molar-refractivity contribution < 1.29 is 9.90 Å². The molecule has 42 valence electrons.